The number of hydrogen-bond acceptors (Lipinski definition) is 3. The molecule has 0 aromatic carbocycles. The van der Waals surface area contributed by atoms with Crippen LogP contribution in [0.2, 0.25) is 0 Å². The van der Waals surface area contributed by atoms with E-state index < -0.39 is 0 Å². The summed E-state index contributed by atoms with van der Waals surface area (Å²) < 4.78 is 2.00. The van der Waals surface area contributed by atoms with Gasteiger partial charge >= 0.3 is 0 Å². The van der Waals surface area contributed by atoms with E-state index in [0.717, 1.165) is 18.7 Å². The van der Waals surface area contributed by atoms with E-state index in [-0.39, 0.29) is 6.61 Å². The molecule has 80 valence electrons. The van der Waals surface area contributed by atoms with Crippen molar-refractivity contribution >= 4 is 11.3 Å². The Bertz CT molecular complexity index is 393. The molecule has 2 aromatic heterocycles. The SMILES string of the molecule is CCc1ccc(Cn2cnc(CO)c2)s1. The van der Waals surface area contributed by atoms with Gasteiger partial charge in [-0.3, -0.25) is 0 Å². The minimum absolute atomic E-state index is 0.0116. The first-order chi connectivity index (χ1) is 7.31. The Morgan fingerprint density at radius 2 is 2.20 bits per heavy atom. The zero-order chi connectivity index (χ0) is 10.7. The monoisotopic (exact) mass is 222 g/mol. The second-order valence-electron chi connectivity index (χ2n) is 3.42. The summed E-state index contributed by atoms with van der Waals surface area (Å²) in [6.45, 7) is 3.02. The number of nitrogens with zero attached hydrogens (tertiary/aromatic N) is 2. The molecule has 15 heavy (non-hydrogen) atoms. The van der Waals surface area contributed by atoms with Gasteiger partial charge in [-0.05, 0) is 18.6 Å². The summed E-state index contributed by atoms with van der Waals surface area (Å²) in [5, 5.41) is 8.89. The van der Waals surface area contributed by atoms with E-state index in [1.54, 1.807) is 6.33 Å². The zero-order valence-electron chi connectivity index (χ0n) is 8.68. The van der Waals surface area contributed by atoms with Crippen LogP contribution in [0, 0.1) is 0 Å². The highest BCUT2D eigenvalue weighted by Gasteiger charge is 2.01. The second kappa shape index (κ2) is 4.59. The molecule has 2 heterocycles. The molecule has 0 radical (unpaired) electrons. The molecule has 0 amide bonds. The van der Waals surface area contributed by atoms with Gasteiger partial charge in [-0.2, -0.15) is 0 Å². The molecule has 0 fully saturated rings. The van der Waals surface area contributed by atoms with Crippen LogP contribution in [0.3, 0.4) is 0 Å². The number of rotatable bonds is 4. The quantitative estimate of drug-likeness (QED) is 0.859. The van der Waals surface area contributed by atoms with Crippen molar-refractivity contribution in [2.24, 2.45) is 0 Å². The molecule has 2 aromatic rings. The summed E-state index contributed by atoms with van der Waals surface area (Å²) >= 11 is 1.83. The van der Waals surface area contributed by atoms with Gasteiger partial charge in [0.15, 0.2) is 0 Å². The third-order valence-electron chi connectivity index (χ3n) is 2.25. The highest BCUT2D eigenvalue weighted by molar-refractivity contribution is 7.11. The number of imidazole rings is 1. The fourth-order valence-corrected chi connectivity index (χ4v) is 2.42. The Morgan fingerprint density at radius 3 is 2.80 bits per heavy atom. The van der Waals surface area contributed by atoms with Gasteiger partial charge in [0.25, 0.3) is 0 Å². The van der Waals surface area contributed by atoms with Crippen LogP contribution in [0.1, 0.15) is 22.4 Å². The van der Waals surface area contributed by atoms with Crippen molar-refractivity contribution in [1.82, 2.24) is 9.55 Å². The minimum atomic E-state index is 0.0116. The lowest BCUT2D eigenvalue weighted by Gasteiger charge is -1.97. The van der Waals surface area contributed by atoms with E-state index in [1.165, 1.54) is 9.75 Å². The van der Waals surface area contributed by atoms with Gasteiger partial charge < -0.3 is 9.67 Å². The number of aromatic nitrogens is 2. The Morgan fingerprint density at radius 1 is 1.40 bits per heavy atom. The lowest BCUT2D eigenvalue weighted by Crippen LogP contribution is -1.93. The topological polar surface area (TPSA) is 38.0 Å². The maximum Gasteiger partial charge on any atom is 0.0953 e. The molecule has 0 aliphatic carbocycles. The first kappa shape index (κ1) is 10.4. The van der Waals surface area contributed by atoms with Crippen molar-refractivity contribution in [2.75, 3.05) is 0 Å². The predicted molar refractivity (Wildman–Crippen MR) is 60.9 cm³/mol. The average Bonchev–Trinajstić information content (AvgIpc) is 2.87. The van der Waals surface area contributed by atoms with Gasteiger partial charge in [-0.1, -0.05) is 6.92 Å². The largest absolute Gasteiger partial charge is 0.390 e. The number of aliphatic hydroxyl groups is 1. The molecule has 0 atom stereocenters. The summed E-state index contributed by atoms with van der Waals surface area (Å²) in [6, 6.07) is 4.33. The molecular weight excluding hydrogens is 208 g/mol. The summed E-state index contributed by atoms with van der Waals surface area (Å²) in [5.74, 6) is 0. The van der Waals surface area contributed by atoms with Crippen molar-refractivity contribution in [2.45, 2.75) is 26.5 Å². The van der Waals surface area contributed by atoms with Gasteiger partial charge in [0.05, 0.1) is 25.2 Å². The Hall–Kier alpha value is -1.13. The van der Waals surface area contributed by atoms with Crippen LogP contribution >= 0.6 is 11.3 Å². The van der Waals surface area contributed by atoms with Crippen LogP contribution < -0.4 is 0 Å². The van der Waals surface area contributed by atoms with Crippen LogP contribution in [-0.2, 0) is 19.6 Å². The van der Waals surface area contributed by atoms with Gasteiger partial charge in [0.1, 0.15) is 0 Å². The molecule has 0 saturated heterocycles. The highest BCUT2D eigenvalue weighted by Crippen LogP contribution is 2.18. The van der Waals surface area contributed by atoms with E-state index in [4.69, 9.17) is 5.11 Å². The molecule has 0 spiro atoms. The van der Waals surface area contributed by atoms with Crippen LogP contribution in [0.5, 0.6) is 0 Å². The summed E-state index contributed by atoms with van der Waals surface area (Å²) in [7, 11) is 0. The van der Waals surface area contributed by atoms with Gasteiger partial charge in [0, 0.05) is 16.0 Å². The molecule has 0 aliphatic heterocycles. The molecule has 4 heteroatoms. The third kappa shape index (κ3) is 2.46. The molecule has 0 unspecified atom stereocenters. The Balaban J connectivity index is 2.07. The van der Waals surface area contributed by atoms with Crippen LogP contribution in [0.15, 0.2) is 24.7 Å². The van der Waals surface area contributed by atoms with E-state index in [9.17, 15) is 0 Å². The molecule has 1 N–H and O–H groups in total. The summed E-state index contributed by atoms with van der Waals surface area (Å²) in [6.07, 6.45) is 4.73. The van der Waals surface area contributed by atoms with Gasteiger partial charge in [-0.15, -0.1) is 11.3 Å². The zero-order valence-corrected chi connectivity index (χ0v) is 9.50. The first-order valence-corrected chi connectivity index (χ1v) is 5.82. The molecule has 0 bridgehead atoms. The van der Waals surface area contributed by atoms with Crippen molar-refractivity contribution in [3.05, 3.63) is 40.1 Å². The number of thiophene rings is 1. The average molecular weight is 222 g/mol. The lowest BCUT2D eigenvalue weighted by atomic mass is 10.3. The normalized spacial score (nSPS) is 10.8. The standard InChI is InChI=1S/C11H14N2OS/c1-2-10-3-4-11(15-10)6-13-5-9(7-14)12-8-13/h3-5,8,14H,2,6-7H2,1H3. The smallest absolute Gasteiger partial charge is 0.0953 e. The molecular formula is C11H14N2OS. The van der Waals surface area contributed by atoms with Gasteiger partial charge in [0.2, 0.25) is 0 Å². The van der Waals surface area contributed by atoms with E-state index >= 15 is 0 Å². The fraction of sp³-hybridized carbons (Fsp3) is 0.364. The van der Waals surface area contributed by atoms with Crippen LogP contribution in [-0.4, -0.2) is 14.7 Å². The van der Waals surface area contributed by atoms with Crippen molar-refractivity contribution in [1.29, 1.82) is 0 Å². The number of hydrogen-bond donors (Lipinski definition) is 1. The maximum atomic E-state index is 8.89. The number of aliphatic hydroxyl groups excluding tert-OH is 1. The molecule has 0 saturated carbocycles. The molecule has 2 rings (SSSR count). The predicted octanol–water partition coefficient (Wildman–Crippen LogP) is 2.05. The van der Waals surface area contributed by atoms with Crippen LogP contribution in [0.4, 0.5) is 0 Å². The van der Waals surface area contributed by atoms with Crippen molar-refractivity contribution in [3.8, 4) is 0 Å². The highest BCUT2D eigenvalue weighted by atomic mass is 32.1. The maximum absolute atomic E-state index is 8.89. The first-order valence-electron chi connectivity index (χ1n) is 5.01. The summed E-state index contributed by atoms with van der Waals surface area (Å²) in [5.41, 5.74) is 0.724. The minimum Gasteiger partial charge on any atom is -0.390 e. The van der Waals surface area contributed by atoms with E-state index in [1.807, 2.05) is 22.1 Å². The fourth-order valence-electron chi connectivity index (χ4n) is 1.45. The summed E-state index contributed by atoms with van der Waals surface area (Å²) in [4.78, 5) is 6.81. The van der Waals surface area contributed by atoms with Crippen LogP contribution in [0.25, 0.3) is 0 Å². The number of aryl methyl sites for hydroxylation is 1. The molecule has 3 nitrogen and oxygen atoms in total. The van der Waals surface area contributed by atoms with Gasteiger partial charge in [-0.25, -0.2) is 4.98 Å². The third-order valence-corrected chi connectivity index (χ3v) is 3.47. The van der Waals surface area contributed by atoms with E-state index in [0.29, 0.717) is 0 Å². The second-order valence-corrected chi connectivity index (χ2v) is 4.67. The van der Waals surface area contributed by atoms with Crippen molar-refractivity contribution in [3.63, 3.8) is 0 Å². The molecule has 0 aliphatic rings. The van der Waals surface area contributed by atoms with Crippen molar-refractivity contribution < 1.29 is 5.11 Å². The lowest BCUT2D eigenvalue weighted by molar-refractivity contribution is 0.277. The Kier molecular flexibility index (Phi) is 3.18. The Labute approximate surface area is 93.0 Å². The van der Waals surface area contributed by atoms with E-state index in [2.05, 4.69) is 24.0 Å².